The van der Waals surface area contributed by atoms with Crippen molar-refractivity contribution in [3.8, 4) is 11.5 Å². The Morgan fingerprint density at radius 1 is 0.780 bits per heavy atom. The number of carboxylic acid groups (broad SMARTS) is 1. The number of carboxylic acids is 1. The van der Waals surface area contributed by atoms with Crippen molar-refractivity contribution < 1.29 is 29.0 Å². The van der Waals surface area contributed by atoms with Gasteiger partial charge in [0.15, 0.2) is 17.5 Å². The number of nitrogen functional groups attached to an aromatic ring is 1. The Labute approximate surface area is 289 Å². The molecule has 11 nitrogen and oxygen atoms in total. The van der Waals surface area contributed by atoms with Gasteiger partial charge in [-0.1, -0.05) is 84.9 Å². The number of nitrogens with one attached hydrogen (secondary N) is 4. The van der Waals surface area contributed by atoms with Crippen LogP contribution >= 0.6 is 0 Å². The van der Waals surface area contributed by atoms with Crippen LogP contribution in [-0.4, -0.2) is 35.8 Å². The number of nitrogens with two attached hydrogens (primary N) is 1. The Bertz CT molecular complexity index is 1950. The molecule has 0 aliphatic rings. The summed E-state index contributed by atoms with van der Waals surface area (Å²) >= 11 is 0. The zero-order chi connectivity index (χ0) is 35.5. The third-order valence-corrected chi connectivity index (χ3v) is 7.81. The summed E-state index contributed by atoms with van der Waals surface area (Å²) in [4.78, 5) is 39.6. The largest absolute Gasteiger partial charge is 0.493 e. The van der Waals surface area contributed by atoms with Crippen molar-refractivity contribution in [3.05, 3.63) is 155 Å². The van der Waals surface area contributed by atoms with E-state index in [1.54, 1.807) is 97.1 Å². The molecule has 0 aliphatic carbocycles. The summed E-state index contributed by atoms with van der Waals surface area (Å²) in [6, 6.07) is 34.3. The van der Waals surface area contributed by atoms with Crippen LogP contribution in [0.25, 0.3) is 0 Å². The maximum atomic E-state index is 14.0. The molecular weight excluding hydrogens is 634 g/mol. The highest BCUT2D eigenvalue weighted by Gasteiger charge is 2.29. The van der Waals surface area contributed by atoms with Gasteiger partial charge >= 0.3 is 5.97 Å². The summed E-state index contributed by atoms with van der Waals surface area (Å²) in [6.07, 6.45) is -0.00441. The van der Waals surface area contributed by atoms with Crippen LogP contribution in [0.5, 0.6) is 11.5 Å². The fourth-order valence-electron chi connectivity index (χ4n) is 5.27. The van der Waals surface area contributed by atoms with Gasteiger partial charge in [0, 0.05) is 22.5 Å². The lowest BCUT2D eigenvalue weighted by Gasteiger charge is -2.25. The molecule has 0 bridgehead atoms. The van der Waals surface area contributed by atoms with Crippen LogP contribution in [0.15, 0.2) is 127 Å². The second-order valence-electron chi connectivity index (χ2n) is 11.3. The molecule has 0 fully saturated rings. The van der Waals surface area contributed by atoms with E-state index in [9.17, 15) is 19.5 Å². The number of rotatable bonds is 15. The van der Waals surface area contributed by atoms with Crippen LogP contribution in [-0.2, 0) is 27.4 Å². The van der Waals surface area contributed by atoms with E-state index in [1.807, 2.05) is 30.3 Å². The maximum absolute atomic E-state index is 14.0. The van der Waals surface area contributed by atoms with Gasteiger partial charge in [-0.25, -0.2) is 4.79 Å². The van der Waals surface area contributed by atoms with Crippen molar-refractivity contribution in [2.24, 2.45) is 5.73 Å². The van der Waals surface area contributed by atoms with Gasteiger partial charge in [-0.15, -0.1) is 0 Å². The lowest BCUT2D eigenvalue weighted by atomic mass is 10.0. The van der Waals surface area contributed by atoms with Crippen LogP contribution < -0.4 is 31.2 Å². The molecule has 11 heteroatoms. The van der Waals surface area contributed by atoms with Crippen LogP contribution in [0.3, 0.4) is 0 Å². The van der Waals surface area contributed by atoms with E-state index in [-0.39, 0.29) is 18.2 Å². The molecule has 5 aromatic carbocycles. The average Bonchev–Trinajstić information content (AvgIpc) is 3.13. The van der Waals surface area contributed by atoms with E-state index in [0.717, 1.165) is 5.56 Å². The fourth-order valence-corrected chi connectivity index (χ4v) is 5.27. The smallest absolute Gasteiger partial charge is 0.330 e. The molecule has 0 spiro atoms. The fraction of sp³-hybridized carbons (Fsp3) is 0.128. The molecule has 0 saturated heterocycles. The van der Waals surface area contributed by atoms with Gasteiger partial charge in [0.25, 0.3) is 0 Å². The van der Waals surface area contributed by atoms with Crippen LogP contribution in [0.4, 0.5) is 11.4 Å². The van der Waals surface area contributed by atoms with Gasteiger partial charge < -0.3 is 36.3 Å². The molecular formula is C39H37N5O6. The number of amides is 2. The summed E-state index contributed by atoms with van der Waals surface area (Å²) in [7, 11) is 1.53. The summed E-state index contributed by atoms with van der Waals surface area (Å²) in [5.74, 6) is -1.32. The first-order valence-electron chi connectivity index (χ1n) is 15.7. The normalized spacial score (nSPS) is 11.8. The first-order valence-corrected chi connectivity index (χ1v) is 15.7. The standard InChI is InChI=1S/C39H37N5O6/c1-49-33-22-26(16-21-32(33)50-24-25-10-4-2-5-11-25)23-34(45)43-31-15-9-8-14-30(31)36(42-29-19-17-28(18-20-29)37(40)41)38(46)44-35(39(47)48)27-12-6-3-7-13-27/h2-22,35-36,42H,23-24H2,1H3,(H3,40,41)(H,43,45)(H,44,46)(H,47,48)/t35-,36-/m0/s1. The number of ether oxygens (including phenoxy) is 2. The van der Waals surface area contributed by atoms with Gasteiger partial charge in [0.2, 0.25) is 11.8 Å². The van der Waals surface area contributed by atoms with Gasteiger partial charge in [-0.2, -0.15) is 0 Å². The van der Waals surface area contributed by atoms with Crippen molar-refractivity contribution >= 4 is 35.0 Å². The number of hydrogen-bond donors (Lipinski definition) is 6. The zero-order valence-electron chi connectivity index (χ0n) is 27.3. The Morgan fingerprint density at radius 2 is 1.44 bits per heavy atom. The molecule has 2 amide bonds. The third kappa shape index (κ3) is 9.04. The molecule has 5 aromatic rings. The quantitative estimate of drug-likeness (QED) is 0.0595. The van der Waals surface area contributed by atoms with Crippen molar-refractivity contribution in [1.29, 1.82) is 5.41 Å². The van der Waals surface area contributed by atoms with Crippen molar-refractivity contribution in [1.82, 2.24) is 5.32 Å². The lowest BCUT2D eigenvalue weighted by molar-refractivity contribution is -0.142. The number of aliphatic carboxylic acids is 1. The number of carbonyl (C=O) groups is 3. The highest BCUT2D eigenvalue weighted by Crippen LogP contribution is 2.31. The van der Waals surface area contributed by atoms with E-state index in [4.69, 9.17) is 20.6 Å². The summed E-state index contributed by atoms with van der Waals surface area (Å²) in [6.45, 7) is 0.357. The summed E-state index contributed by atoms with van der Waals surface area (Å²) < 4.78 is 11.5. The van der Waals surface area contributed by atoms with Crippen LogP contribution in [0.1, 0.15) is 39.9 Å². The third-order valence-electron chi connectivity index (χ3n) is 7.81. The summed E-state index contributed by atoms with van der Waals surface area (Å²) in [5.41, 5.74) is 9.43. The maximum Gasteiger partial charge on any atom is 0.330 e. The monoisotopic (exact) mass is 671 g/mol. The Morgan fingerprint density at radius 3 is 2.10 bits per heavy atom. The minimum Gasteiger partial charge on any atom is -0.493 e. The van der Waals surface area contributed by atoms with Crippen molar-refractivity contribution in [2.45, 2.75) is 25.1 Å². The molecule has 0 radical (unpaired) electrons. The Hall–Kier alpha value is -6.62. The van der Waals surface area contributed by atoms with E-state index >= 15 is 0 Å². The minimum absolute atomic E-state index is 0.00441. The van der Waals surface area contributed by atoms with Gasteiger partial charge in [0.1, 0.15) is 18.5 Å². The topological polar surface area (TPSA) is 176 Å². The van der Waals surface area contributed by atoms with Crippen molar-refractivity contribution in [3.63, 3.8) is 0 Å². The zero-order valence-corrected chi connectivity index (χ0v) is 27.3. The molecule has 5 rings (SSSR count). The first-order chi connectivity index (χ1) is 24.2. The molecule has 254 valence electrons. The molecule has 0 aliphatic heterocycles. The van der Waals surface area contributed by atoms with Crippen LogP contribution in [0.2, 0.25) is 0 Å². The number of para-hydroxylation sites is 1. The Balaban J connectivity index is 1.37. The predicted molar refractivity (Wildman–Crippen MR) is 191 cm³/mol. The number of carbonyl (C=O) groups excluding carboxylic acids is 2. The number of hydrogen-bond acceptors (Lipinski definition) is 7. The SMILES string of the molecule is COc1cc(CC(=O)Nc2ccccc2[C@H](Nc2ccc(C(=N)N)cc2)C(=O)N[C@H](C(=O)O)c2ccccc2)ccc1OCc1ccccc1. The van der Waals surface area contributed by atoms with Gasteiger partial charge in [-0.3, -0.25) is 15.0 Å². The van der Waals surface area contributed by atoms with Gasteiger partial charge in [-0.05, 0) is 59.2 Å². The lowest BCUT2D eigenvalue weighted by Crippen LogP contribution is -2.39. The van der Waals surface area contributed by atoms with E-state index in [2.05, 4.69) is 16.0 Å². The summed E-state index contributed by atoms with van der Waals surface area (Å²) in [5, 5.41) is 26.4. The molecule has 50 heavy (non-hydrogen) atoms. The average molecular weight is 672 g/mol. The highest BCUT2D eigenvalue weighted by molar-refractivity contribution is 5.97. The second kappa shape index (κ2) is 16.5. The van der Waals surface area contributed by atoms with E-state index < -0.39 is 24.0 Å². The molecule has 7 N–H and O–H groups in total. The van der Waals surface area contributed by atoms with E-state index in [1.165, 1.54) is 7.11 Å². The minimum atomic E-state index is -1.33. The number of benzene rings is 5. The molecule has 0 unspecified atom stereocenters. The van der Waals surface area contributed by atoms with Gasteiger partial charge in [0.05, 0.1) is 13.5 Å². The second-order valence-corrected chi connectivity index (χ2v) is 11.3. The number of anilines is 2. The van der Waals surface area contributed by atoms with E-state index in [0.29, 0.717) is 51.7 Å². The molecule has 0 aromatic heterocycles. The highest BCUT2D eigenvalue weighted by atomic mass is 16.5. The Kier molecular flexibility index (Phi) is 11.4. The van der Waals surface area contributed by atoms with Crippen LogP contribution in [0, 0.1) is 5.41 Å². The van der Waals surface area contributed by atoms with Crippen molar-refractivity contribution in [2.75, 3.05) is 17.7 Å². The molecule has 2 atom stereocenters. The molecule has 0 saturated carbocycles. The number of amidine groups is 1. The predicted octanol–water partition coefficient (Wildman–Crippen LogP) is 5.83. The first kappa shape index (κ1) is 34.7. The molecule has 0 heterocycles. The number of methoxy groups -OCH3 is 1.